The Morgan fingerprint density at radius 1 is 0.912 bits per heavy atom. The van der Waals surface area contributed by atoms with Crippen molar-refractivity contribution >= 4 is 5.69 Å². The molecule has 5 rings (SSSR count). The van der Waals surface area contributed by atoms with Crippen molar-refractivity contribution in [3.05, 3.63) is 93.8 Å². The van der Waals surface area contributed by atoms with Crippen LogP contribution in [0, 0.1) is 5.82 Å². The van der Waals surface area contributed by atoms with Crippen LogP contribution in [0.15, 0.2) is 70.1 Å². The highest BCUT2D eigenvalue weighted by Gasteiger charge is 2.27. The fourth-order valence-electron chi connectivity index (χ4n) is 5.05. The first-order chi connectivity index (χ1) is 16.6. The number of anilines is 1. The van der Waals surface area contributed by atoms with Crippen molar-refractivity contribution < 1.29 is 13.9 Å². The van der Waals surface area contributed by atoms with Crippen LogP contribution >= 0.6 is 0 Å². The summed E-state index contributed by atoms with van der Waals surface area (Å²) in [5.41, 5.74) is 2.84. The van der Waals surface area contributed by atoms with E-state index >= 15 is 0 Å². The van der Waals surface area contributed by atoms with E-state index in [-0.39, 0.29) is 11.6 Å². The first-order valence-corrected chi connectivity index (χ1v) is 11.9. The molecule has 0 unspecified atom stereocenters. The molecule has 6 nitrogen and oxygen atoms in total. The van der Waals surface area contributed by atoms with Crippen molar-refractivity contribution in [1.82, 2.24) is 9.80 Å². The minimum Gasteiger partial charge on any atom is -0.507 e. The van der Waals surface area contributed by atoms with Gasteiger partial charge in [0.15, 0.2) is 0 Å². The Bertz CT molecular complexity index is 1160. The molecule has 0 bridgehead atoms. The monoisotopic (exact) mass is 463 g/mol. The lowest BCUT2D eigenvalue weighted by molar-refractivity contribution is 0.241. The third-order valence-corrected chi connectivity index (χ3v) is 7.03. The number of aromatic hydroxyl groups is 1. The molecule has 7 heteroatoms. The fourth-order valence-corrected chi connectivity index (χ4v) is 5.05. The summed E-state index contributed by atoms with van der Waals surface area (Å²) in [6.45, 7) is 5.88. The molecule has 2 saturated heterocycles. The van der Waals surface area contributed by atoms with Crippen LogP contribution in [0.4, 0.5) is 10.1 Å². The van der Waals surface area contributed by atoms with Gasteiger partial charge >= 0.3 is 5.63 Å². The van der Waals surface area contributed by atoms with Crippen molar-refractivity contribution in [1.29, 1.82) is 0 Å². The highest BCUT2D eigenvalue weighted by Crippen LogP contribution is 2.30. The van der Waals surface area contributed by atoms with Gasteiger partial charge in [-0.3, -0.25) is 9.80 Å². The molecule has 2 aliphatic heterocycles. The van der Waals surface area contributed by atoms with Gasteiger partial charge in [0, 0.05) is 57.1 Å². The molecular weight excluding hydrogens is 433 g/mol. The van der Waals surface area contributed by atoms with Gasteiger partial charge in [0.2, 0.25) is 0 Å². The van der Waals surface area contributed by atoms with Gasteiger partial charge in [-0.1, -0.05) is 30.3 Å². The Morgan fingerprint density at radius 3 is 2.38 bits per heavy atom. The molecule has 1 N–H and O–H groups in total. The number of likely N-dealkylation sites (tertiary alicyclic amines) is 1. The molecule has 34 heavy (non-hydrogen) atoms. The average Bonchev–Trinajstić information content (AvgIpc) is 3.34. The van der Waals surface area contributed by atoms with Gasteiger partial charge in [0.1, 0.15) is 17.8 Å². The minimum absolute atomic E-state index is 0.0559. The summed E-state index contributed by atoms with van der Waals surface area (Å²) < 4.78 is 18.5. The second-order valence-electron chi connectivity index (χ2n) is 9.25. The predicted octanol–water partition coefficient (Wildman–Crippen LogP) is 3.80. The number of benzene rings is 2. The quantitative estimate of drug-likeness (QED) is 0.600. The zero-order chi connectivity index (χ0) is 23.5. The first-order valence-electron chi connectivity index (χ1n) is 11.9. The standard InChI is InChI=1S/C27H30FN3O3/c28-23-6-8-24(9-7-23)31-14-12-29(13-15-31)17-22-19-34-27(33)25(26(22)32)18-30-11-10-21(16-30)20-4-2-1-3-5-20/h1-9,19,21,32H,10-18H2/t21-/m1/s1. The molecule has 3 aromatic rings. The largest absolute Gasteiger partial charge is 0.507 e. The van der Waals surface area contributed by atoms with Crippen LogP contribution in [0.2, 0.25) is 0 Å². The van der Waals surface area contributed by atoms with Gasteiger partial charge in [-0.05, 0) is 48.7 Å². The second-order valence-corrected chi connectivity index (χ2v) is 9.25. The summed E-state index contributed by atoms with van der Waals surface area (Å²) in [6.07, 6.45) is 2.43. The van der Waals surface area contributed by atoms with Crippen LogP contribution in [-0.2, 0) is 13.1 Å². The molecule has 0 spiro atoms. The minimum atomic E-state index is -0.467. The van der Waals surface area contributed by atoms with E-state index in [1.165, 1.54) is 24.0 Å². The third-order valence-electron chi connectivity index (χ3n) is 7.03. The van der Waals surface area contributed by atoms with E-state index in [0.717, 1.165) is 51.4 Å². The Hall–Kier alpha value is -3.16. The zero-order valence-electron chi connectivity index (χ0n) is 19.2. The van der Waals surface area contributed by atoms with Gasteiger partial charge in [-0.15, -0.1) is 0 Å². The highest BCUT2D eigenvalue weighted by molar-refractivity contribution is 5.46. The van der Waals surface area contributed by atoms with Crippen LogP contribution < -0.4 is 10.5 Å². The van der Waals surface area contributed by atoms with E-state index in [9.17, 15) is 14.3 Å². The normalized spacial score (nSPS) is 19.6. The first kappa shape index (κ1) is 22.6. The molecule has 0 radical (unpaired) electrons. The number of hydrogen-bond donors (Lipinski definition) is 1. The van der Waals surface area contributed by atoms with E-state index in [4.69, 9.17) is 4.42 Å². The van der Waals surface area contributed by atoms with Gasteiger partial charge < -0.3 is 14.4 Å². The maximum atomic E-state index is 13.2. The van der Waals surface area contributed by atoms with Gasteiger partial charge in [0.25, 0.3) is 0 Å². The van der Waals surface area contributed by atoms with E-state index < -0.39 is 5.63 Å². The maximum absolute atomic E-state index is 13.2. The van der Waals surface area contributed by atoms with Gasteiger partial charge in [0.05, 0.1) is 5.56 Å². The SMILES string of the molecule is O=c1occ(CN2CCN(c3ccc(F)cc3)CC2)c(O)c1CN1CC[C@@H](c2ccccc2)C1. The number of nitrogens with zero attached hydrogens (tertiary/aromatic N) is 3. The molecule has 2 aliphatic rings. The van der Waals surface area contributed by atoms with E-state index in [1.807, 2.05) is 6.07 Å². The Morgan fingerprint density at radius 2 is 1.65 bits per heavy atom. The molecule has 1 aromatic heterocycles. The highest BCUT2D eigenvalue weighted by atomic mass is 19.1. The fraction of sp³-hybridized carbons (Fsp3) is 0.370. The second kappa shape index (κ2) is 9.99. The predicted molar refractivity (Wildman–Crippen MR) is 130 cm³/mol. The van der Waals surface area contributed by atoms with Crippen LogP contribution in [-0.4, -0.2) is 54.2 Å². The molecule has 0 aliphatic carbocycles. The molecule has 2 aromatic carbocycles. The van der Waals surface area contributed by atoms with Crippen molar-refractivity contribution in [2.24, 2.45) is 0 Å². The molecule has 178 valence electrons. The van der Waals surface area contributed by atoms with Crippen LogP contribution in [0.1, 0.15) is 29.0 Å². The summed E-state index contributed by atoms with van der Waals surface area (Å²) in [4.78, 5) is 19.1. The summed E-state index contributed by atoms with van der Waals surface area (Å²) in [5, 5.41) is 10.9. The lowest BCUT2D eigenvalue weighted by Gasteiger charge is -2.36. The maximum Gasteiger partial charge on any atom is 0.343 e. The number of piperazine rings is 1. The van der Waals surface area contributed by atoms with E-state index in [0.29, 0.717) is 30.1 Å². The van der Waals surface area contributed by atoms with E-state index in [1.54, 1.807) is 12.1 Å². The lowest BCUT2D eigenvalue weighted by Crippen LogP contribution is -2.46. The van der Waals surface area contributed by atoms with Gasteiger partial charge in [-0.2, -0.15) is 0 Å². The lowest BCUT2D eigenvalue weighted by atomic mass is 9.99. The molecule has 0 amide bonds. The van der Waals surface area contributed by atoms with Gasteiger partial charge in [-0.25, -0.2) is 9.18 Å². The summed E-state index contributed by atoms with van der Waals surface area (Å²) in [5.74, 6) is 0.264. The Balaban J connectivity index is 1.21. The van der Waals surface area contributed by atoms with Crippen LogP contribution in [0.3, 0.4) is 0 Å². The topological polar surface area (TPSA) is 60.2 Å². The number of hydrogen-bond acceptors (Lipinski definition) is 6. The van der Waals surface area contributed by atoms with Crippen LogP contribution in [0.25, 0.3) is 0 Å². The molecule has 3 heterocycles. The summed E-state index contributed by atoms with van der Waals surface area (Å²) in [6, 6.07) is 17.0. The smallest absolute Gasteiger partial charge is 0.343 e. The Labute approximate surface area is 198 Å². The number of rotatable bonds is 6. The van der Waals surface area contributed by atoms with E-state index in [2.05, 4.69) is 39.0 Å². The molecule has 2 fully saturated rings. The third kappa shape index (κ3) is 5.00. The van der Waals surface area contributed by atoms with Crippen LogP contribution in [0.5, 0.6) is 5.75 Å². The average molecular weight is 464 g/mol. The number of halogens is 1. The van der Waals surface area contributed by atoms with Crippen molar-refractivity contribution in [2.75, 3.05) is 44.2 Å². The van der Waals surface area contributed by atoms with Crippen molar-refractivity contribution in [3.8, 4) is 5.75 Å². The molecular formula is C27H30FN3O3. The Kier molecular flexibility index (Phi) is 6.65. The zero-order valence-corrected chi connectivity index (χ0v) is 19.2. The summed E-state index contributed by atoms with van der Waals surface area (Å²) in [7, 11) is 0. The molecule has 1 atom stereocenters. The summed E-state index contributed by atoms with van der Waals surface area (Å²) >= 11 is 0. The molecule has 0 saturated carbocycles. The van der Waals surface area contributed by atoms with Crippen molar-refractivity contribution in [3.63, 3.8) is 0 Å². The van der Waals surface area contributed by atoms with Crippen molar-refractivity contribution in [2.45, 2.75) is 25.4 Å².